The Morgan fingerprint density at radius 3 is 2.91 bits per heavy atom. The van der Waals surface area contributed by atoms with Crippen LogP contribution in [0.2, 0.25) is 0 Å². The van der Waals surface area contributed by atoms with Gasteiger partial charge in [-0.25, -0.2) is 9.98 Å². The van der Waals surface area contributed by atoms with E-state index < -0.39 is 11.9 Å². The number of aromatic nitrogens is 1. The molecule has 0 radical (unpaired) electrons. The maximum Gasteiger partial charge on any atom is 0.434 e. The van der Waals surface area contributed by atoms with E-state index in [1.807, 2.05) is 18.7 Å². The summed E-state index contributed by atoms with van der Waals surface area (Å²) in [5.41, 5.74) is -0.843. The molecule has 1 aliphatic rings. The predicted octanol–water partition coefficient (Wildman–Crippen LogP) is 3.11. The van der Waals surface area contributed by atoms with Crippen LogP contribution in [0.1, 0.15) is 30.5 Å². The predicted molar refractivity (Wildman–Crippen MR) is 85.4 cm³/mol. The van der Waals surface area contributed by atoms with Crippen molar-refractivity contribution in [3.05, 3.63) is 16.1 Å². The van der Waals surface area contributed by atoms with Crippen molar-refractivity contribution >= 4 is 29.1 Å². The Balaban J connectivity index is 1.95. The second-order valence-corrected chi connectivity index (χ2v) is 6.97. The number of thioether (sulfide) groups is 1. The van der Waals surface area contributed by atoms with Crippen LogP contribution in [0.15, 0.2) is 10.4 Å². The van der Waals surface area contributed by atoms with E-state index in [1.165, 1.54) is 12.2 Å². The molecule has 1 atom stereocenters. The summed E-state index contributed by atoms with van der Waals surface area (Å²) < 4.78 is 37.5. The maximum atomic E-state index is 12.5. The quantitative estimate of drug-likeness (QED) is 0.646. The number of hydrogen-bond acceptors (Lipinski definition) is 4. The van der Waals surface area contributed by atoms with Gasteiger partial charge in [0, 0.05) is 23.7 Å². The molecule has 4 nitrogen and oxygen atoms in total. The van der Waals surface area contributed by atoms with Crippen LogP contribution >= 0.6 is 23.1 Å². The van der Waals surface area contributed by atoms with Gasteiger partial charge in [0.25, 0.3) is 0 Å². The molecule has 0 amide bonds. The smallest absolute Gasteiger partial charge is 0.357 e. The Morgan fingerprint density at radius 1 is 1.50 bits per heavy atom. The molecule has 2 rings (SSSR count). The van der Waals surface area contributed by atoms with Crippen molar-refractivity contribution in [2.24, 2.45) is 4.99 Å². The Bertz CT molecular complexity index is 496. The first-order valence-corrected chi connectivity index (χ1v) is 9.16. The van der Waals surface area contributed by atoms with Gasteiger partial charge < -0.3 is 10.6 Å². The first-order chi connectivity index (χ1) is 10.5. The summed E-state index contributed by atoms with van der Waals surface area (Å²) >= 11 is 2.89. The van der Waals surface area contributed by atoms with E-state index in [-0.39, 0.29) is 6.54 Å². The fourth-order valence-corrected chi connectivity index (χ4v) is 3.82. The number of nitrogens with one attached hydrogen (secondary N) is 2. The number of halogens is 3. The number of nitrogens with zero attached hydrogens (tertiary/aromatic N) is 2. The molecular weight excluding hydrogens is 333 g/mol. The highest BCUT2D eigenvalue weighted by Gasteiger charge is 2.33. The highest BCUT2D eigenvalue weighted by Crippen LogP contribution is 2.30. The van der Waals surface area contributed by atoms with Crippen LogP contribution in [-0.2, 0) is 12.7 Å². The van der Waals surface area contributed by atoms with Crippen molar-refractivity contribution < 1.29 is 13.2 Å². The van der Waals surface area contributed by atoms with E-state index in [2.05, 4.69) is 20.6 Å². The molecule has 1 saturated heterocycles. The third-order valence-electron chi connectivity index (χ3n) is 3.06. The van der Waals surface area contributed by atoms with Crippen molar-refractivity contribution in [2.45, 2.75) is 38.5 Å². The molecule has 1 aromatic heterocycles. The SMILES string of the molecule is CCNC(=NCc1nc(C(F)(F)F)cs1)NC1CCCSC1. The van der Waals surface area contributed by atoms with Crippen LogP contribution < -0.4 is 10.6 Å². The number of alkyl halides is 3. The van der Waals surface area contributed by atoms with Crippen LogP contribution in [0, 0.1) is 0 Å². The fourth-order valence-electron chi connectivity index (χ4n) is 2.03. The summed E-state index contributed by atoms with van der Waals surface area (Å²) in [5, 5.41) is 7.85. The van der Waals surface area contributed by atoms with Gasteiger partial charge in [0.05, 0.1) is 6.54 Å². The van der Waals surface area contributed by atoms with Crippen molar-refractivity contribution in [1.29, 1.82) is 0 Å². The molecule has 0 bridgehead atoms. The van der Waals surface area contributed by atoms with Crippen LogP contribution in [0.25, 0.3) is 0 Å². The number of hydrogen-bond donors (Lipinski definition) is 2. The number of guanidine groups is 1. The van der Waals surface area contributed by atoms with E-state index in [0.717, 1.165) is 28.9 Å². The Labute approximate surface area is 136 Å². The normalized spacial score (nSPS) is 20.0. The summed E-state index contributed by atoms with van der Waals surface area (Å²) in [5.74, 6) is 2.85. The minimum absolute atomic E-state index is 0.149. The van der Waals surface area contributed by atoms with Gasteiger partial charge in [0.1, 0.15) is 5.01 Å². The molecule has 2 heterocycles. The lowest BCUT2D eigenvalue weighted by atomic mass is 10.2. The lowest BCUT2D eigenvalue weighted by molar-refractivity contribution is -0.140. The minimum atomic E-state index is -4.39. The van der Waals surface area contributed by atoms with E-state index in [0.29, 0.717) is 23.6 Å². The Kier molecular flexibility index (Phi) is 6.37. The monoisotopic (exact) mass is 352 g/mol. The highest BCUT2D eigenvalue weighted by molar-refractivity contribution is 7.99. The molecule has 0 aromatic carbocycles. The largest absolute Gasteiger partial charge is 0.434 e. The molecule has 0 spiro atoms. The van der Waals surface area contributed by atoms with Crippen molar-refractivity contribution in [3.63, 3.8) is 0 Å². The number of thiazole rings is 1. The third kappa shape index (κ3) is 5.35. The summed E-state index contributed by atoms with van der Waals surface area (Å²) in [7, 11) is 0. The topological polar surface area (TPSA) is 49.3 Å². The molecule has 1 unspecified atom stereocenters. The van der Waals surface area contributed by atoms with Crippen LogP contribution in [0.3, 0.4) is 0 Å². The van der Waals surface area contributed by atoms with Crippen molar-refractivity contribution in [2.75, 3.05) is 18.1 Å². The molecular formula is C13H19F3N4S2. The first-order valence-electron chi connectivity index (χ1n) is 7.13. The second kappa shape index (κ2) is 8.05. The molecule has 1 aromatic rings. The van der Waals surface area contributed by atoms with Crippen LogP contribution in [-0.4, -0.2) is 35.0 Å². The van der Waals surface area contributed by atoms with Crippen molar-refractivity contribution in [3.8, 4) is 0 Å². The van der Waals surface area contributed by atoms with Gasteiger partial charge in [-0.2, -0.15) is 24.9 Å². The molecule has 22 heavy (non-hydrogen) atoms. The van der Waals surface area contributed by atoms with Crippen molar-refractivity contribution in [1.82, 2.24) is 15.6 Å². The van der Waals surface area contributed by atoms with E-state index in [1.54, 1.807) is 0 Å². The Morgan fingerprint density at radius 2 is 2.32 bits per heavy atom. The van der Waals surface area contributed by atoms with Gasteiger partial charge in [-0.1, -0.05) is 0 Å². The molecule has 0 saturated carbocycles. The highest BCUT2D eigenvalue weighted by atomic mass is 32.2. The van der Waals surface area contributed by atoms with Gasteiger partial charge in [0.15, 0.2) is 11.7 Å². The summed E-state index contributed by atoms with van der Waals surface area (Å²) in [6, 6.07) is 0.360. The van der Waals surface area contributed by atoms with E-state index in [4.69, 9.17) is 0 Å². The third-order valence-corrected chi connectivity index (χ3v) is 5.11. The van der Waals surface area contributed by atoms with Gasteiger partial charge in [0.2, 0.25) is 0 Å². The molecule has 124 valence electrons. The van der Waals surface area contributed by atoms with Gasteiger partial charge in [-0.05, 0) is 25.5 Å². The zero-order valence-electron chi connectivity index (χ0n) is 12.2. The Hall–Kier alpha value is -0.960. The molecule has 1 aliphatic heterocycles. The molecule has 0 aliphatic carbocycles. The fraction of sp³-hybridized carbons (Fsp3) is 0.692. The minimum Gasteiger partial charge on any atom is -0.357 e. The number of aliphatic imine (C=N–C) groups is 1. The summed E-state index contributed by atoms with van der Waals surface area (Å²) in [6.45, 7) is 2.81. The summed E-state index contributed by atoms with van der Waals surface area (Å²) in [6.07, 6.45) is -2.13. The lowest BCUT2D eigenvalue weighted by Gasteiger charge is -2.24. The number of rotatable bonds is 4. The van der Waals surface area contributed by atoms with Gasteiger partial charge in [-0.3, -0.25) is 0 Å². The standard InChI is InChI=1S/C13H19F3N4S2/c1-2-17-12(19-9-4-3-5-21-7-9)18-6-11-20-10(8-22-11)13(14,15)16/h8-9H,2-7H2,1H3,(H2,17,18,19). The average molecular weight is 352 g/mol. The molecule has 9 heteroatoms. The maximum absolute atomic E-state index is 12.5. The summed E-state index contributed by atoms with van der Waals surface area (Å²) in [4.78, 5) is 7.93. The van der Waals surface area contributed by atoms with E-state index >= 15 is 0 Å². The zero-order valence-corrected chi connectivity index (χ0v) is 13.9. The van der Waals surface area contributed by atoms with Crippen LogP contribution in [0.5, 0.6) is 0 Å². The van der Waals surface area contributed by atoms with Crippen LogP contribution in [0.4, 0.5) is 13.2 Å². The van der Waals surface area contributed by atoms with Gasteiger partial charge >= 0.3 is 6.18 Å². The molecule has 2 N–H and O–H groups in total. The van der Waals surface area contributed by atoms with E-state index in [9.17, 15) is 13.2 Å². The second-order valence-electron chi connectivity index (χ2n) is 4.88. The lowest BCUT2D eigenvalue weighted by Crippen LogP contribution is -2.45. The average Bonchev–Trinajstić information content (AvgIpc) is 2.95. The first kappa shape index (κ1) is 17.4. The molecule has 1 fully saturated rings. The zero-order chi connectivity index (χ0) is 16.0. The van der Waals surface area contributed by atoms with Gasteiger partial charge in [-0.15, -0.1) is 11.3 Å².